The molecule has 0 aliphatic heterocycles. The fraction of sp³-hybridized carbons (Fsp3) is 0.133. The zero-order valence-electron chi connectivity index (χ0n) is 10.4. The average Bonchev–Trinajstić information content (AvgIpc) is 2.39. The van der Waals surface area contributed by atoms with Gasteiger partial charge in [-0.2, -0.15) is 0 Å². The predicted octanol–water partition coefficient (Wildman–Crippen LogP) is 4.86. The lowest BCUT2D eigenvalue weighted by molar-refractivity contribution is 0.0696. The number of halogens is 1. The third-order valence-electron chi connectivity index (χ3n) is 2.74. The minimum absolute atomic E-state index is 0.283. The highest BCUT2D eigenvalue weighted by Crippen LogP contribution is 2.31. The van der Waals surface area contributed by atoms with Gasteiger partial charge in [-0.25, -0.2) is 4.79 Å². The summed E-state index contributed by atoms with van der Waals surface area (Å²) >= 11 is 4.91. The molecule has 2 aromatic rings. The van der Waals surface area contributed by atoms with Gasteiger partial charge in [-0.05, 0) is 58.2 Å². The van der Waals surface area contributed by atoms with Crippen molar-refractivity contribution in [3.8, 4) is 0 Å². The molecule has 0 unspecified atom stereocenters. The second kappa shape index (κ2) is 6.26. The minimum atomic E-state index is -0.921. The van der Waals surface area contributed by atoms with Gasteiger partial charge in [0.25, 0.3) is 0 Å². The molecule has 0 spiro atoms. The van der Waals surface area contributed by atoms with Crippen molar-refractivity contribution in [2.24, 2.45) is 0 Å². The molecule has 0 aliphatic carbocycles. The Bertz CT molecular complexity index is 594. The number of hydrogen-bond acceptors (Lipinski definition) is 2. The minimum Gasteiger partial charge on any atom is -0.478 e. The summed E-state index contributed by atoms with van der Waals surface area (Å²) in [6.07, 6.45) is 1.03. The topological polar surface area (TPSA) is 37.3 Å². The van der Waals surface area contributed by atoms with E-state index in [-0.39, 0.29) is 5.56 Å². The third kappa shape index (κ3) is 3.61. The molecule has 2 aromatic carbocycles. The lowest BCUT2D eigenvalue weighted by Crippen LogP contribution is -1.97. The molecule has 0 atom stereocenters. The number of carboxylic acid groups (broad SMARTS) is 1. The van der Waals surface area contributed by atoms with Crippen LogP contribution < -0.4 is 0 Å². The van der Waals surface area contributed by atoms with Gasteiger partial charge in [-0.1, -0.05) is 30.8 Å². The molecule has 19 heavy (non-hydrogen) atoms. The van der Waals surface area contributed by atoms with Crippen LogP contribution in [0.2, 0.25) is 0 Å². The van der Waals surface area contributed by atoms with Crippen molar-refractivity contribution in [1.82, 2.24) is 0 Å². The fourth-order valence-electron chi connectivity index (χ4n) is 1.66. The Hall–Kier alpha value is -1.26. The summed E-state index contributed by atoms with van der Waals surface area (Å²) in [5.41, 5.74) is 1.59. The van der Waals surface area contributed by atoms with Crippen LogP contribution in [0.25, 0.3) is 0 Å². The highest BCUT2D eigenvalue weighted by atomic mass is 79.9. The van der Waals surface area contributed by atoms with E-state index in [1.54, 1.807) is 17.8 Å². The van der Waals surface area contributed by atoms with Gasteiger partial charge in [0, 0.05) is 14.3 Å². The van der Waals surface area contributed by atoms with Gasteiger partial charge in [0.05, 0.1) is 5.56 Å². The number of benzene rings is 2. The Morgan fingerprint density at radius 3 is 2.32 bits per heavy atom. The molecular formula is C15H13BrO2S. The molecule has 0 aliphatic rings. The van der Waals surface area contributed by atoms with Crippen LogP contribution in [0.1, 0.15) is 22.8 Å². The van der Waals surface area contributed by atoms with Crippen LogP contribution >= 0.6 is 27.7 Å². The quantitative estimate of drug-likeness (QED) is 0.866. The molecule has 2 nitrogen and oxygen atoms in total. The second-order valence-corrected chi connectivity index (χ2v) is 6.05. The molecular weight excluding hydrogens is 324 g/mol. The standard InChI is InChI=1S/C15H13BrO2S/c1-2-10-3-5-11(6-4-10)19-12-7-8-13(15(17)18)14(16)9-12/h3-9H,2H2,1H3,(H,17,18). The summed E-state index contributed by atoms with van der Waals surface area (Å²) in [7, 11) is 0. The summed E-state index contributed by atoms with van der Waals surface area (Å²) < 4.78 is 0.607. The van der Waals surface area contributed by atoms with E-state index < -0.39 is 5.97 Å². The molecule has 2 rings (SSSR count). The fourth-order valence-corrected chi connectivity index (χ4v) is 3.22. The molecule has 98 valence electrons. The van der Waals surface area contributed by atoms with Gasteiger partial charge in [0.1, 0.15) is 0 Å². The number of carbonyl (C=O) groups is 1. The lowest BCUT2D eigenvalue weighted by Gasteiger charge is -2.05. The number of carboxylic acids is 1. The van der Waals surface area contributed by atoms with Crippen molar-refractivity contribution in [2.75, 3.05) is 0 Å². The SMILES string of the molecule is CCc1ccc(Sc2ccc(C(=O)O)c(Br)c2)cc1. The molecule has 0 saturated carbocycles. The van der Waals surface area contributed by atoms with Crippen molar-refractivity contribution in [2.45, 2.75) is 23.1 Å². The molecule has 4 heteroatoms. The largest absolute Gasteiger partial charge is 0.478 e. The van der Waals surface area contributed by atoms with E-state index in [0.717, 1.165) is 16.2 Å². The Morgan fingerprint density at radius 1 is 1.16 bits per heavy atom. The van der Waals surface area contributed by atoms with Gasteiger partial charge >= 0.3 is 5.97 Å². The van der Waals surface area contributed by atoms with E-state index in [2.05, 4.69) is 47.1 Å². The maximum atomic E-state index is 10.9. The zero-order valence-corrected chi connectivity index (χ0v) is 12.8. The van der Waals surface area contributed by atoms with Crippen molar-refractivity contribution >= 4 is 33.7 Å². The third-order valence-corrected chi connectivity index (χ3v) is 4.39. The lowest BCUT2D eigenvalue weighted by atomic mass is 10.2. The number of aromatic carboxylic acids is 1. The smallest absolute Gasteiger partial charge is 0.336 e. The summed E-state index contributed by atoms with van der Waals surface area (Å²) in [5, 5.41) is 8.97. The monoisotopic (exact) mass is 336 g/mol. The van der Waals surface area contributed by atoms with E-state index in [0.29, 0.717) is 4.47 Å². The maximum Gasteiger partial charge on any atom is 0.336 e. The zero-order chi connectivity index (χ0) is 13.8. The summed E-state index contributed by atoms with van der Waals surface area (Å²) in [4.78, 5) is 13.1. The van der Waals surface area contributed by atoms with Crippen LogP contribution in [0, 0.1) is 0 Å². The first-order valence-corrected chi connectivity index (χ1v) is 7.50. The van der Waals surface area contributed by atoms with E-state index in [1.807, 2.05) is 12.1 Å². The van der Waals surface area contributed by atoms with Crippen LogP contribution in [-0.2, 0) is 6.42 Å². The first kappa shape index (κ1) is 14.2. The molecule has 1 N–H and O–H groups in total. The van der Waals surface area contributed by atoms with Crippen LogP contribution in [-0.4, -0.2) is 11.1 Å². The number of rotatable bonds is 4. The van der Waals surface area contributed by atoms with Gasteiger partial charge in [0.2, 0.25) is 0 Å². The maximum absolute atomic E-state index is 10.9. The van der Waals surface area contributed by atoms with Gasteiger partial charge in [-0.15, -0.1) is 0 Å². The second-order valence-electron chi connectivity index (χ2n) is 4.05. The molecule has 0 radical (unpaired) electrons. The normalized spacial score (nSPS) is 10.4. The molecule has 0 aromatic heterocycles. The molecule has 0 saturated heterocycles. The van der Waals surface area contributed by atoms with Crippen LogP contribution in [0.5, 0.6) is 0 Å². The van der Waals surface area contributed by atoms with Crippen molar-refractivity contribution < 1.29 is 9.90 Å². The van der Waals surface area contributed by atoms with Crippen LogP contribution in [0.3, 0.4) is 0 Å². The number of hydrogen-bond donors (Lipinski definition) is 1. The van der Waals surface area contributed by atoms with Crippen LogP contribution in [0.4, 0.5) is 0 Å². The molecule has 0 heterocycles. The van der Waals surface area contributed by atoms with Gasteiger partial charge in [0.15, 0.2) is 0 Å². The van der Waals surface area contributed by atoms with E-state index >= 15 is 0 Å². The summed E-state index contributed by atoms with van der Waals surface area (Å²) in [5.74, 6) is -0.921. The Balaban J connectivity index is 2.18. The first-order chi connectivity index (χ1) is 9.10. The van der Waals surface area contributed by atoms with E-state index in [1.165, 1.54) is 5.56 Å². The molecule has 0 fully saturated rings. The Labute approximate surface area is 125 Å². The Morgan fingerprint density at radius 2 is 1.79 bits per heavy atom. The van der Waals surface area contributed by atoms with E-state index in [9.17, 15) is 4.79 Å². The van der Waals surface area contributed by atoms with Gasteiger partial charge < -0.3 is 5.11 Å². The summed E-state index contributed by atoms with van der Waals surface area (Å²) in [6, 6.07) is 13.7. The predicted molar refractivity (Wildman–Crippen MR) is 81.0 cm³/mol. The molecule has 0 amide bonds. The van der Waals surface area contributed by atoms with E-state index in [4.69, 9.17) is 5.11 Å². The number of aryl methyl sites for hydroxylation is 1. The Kier molecular flexibility index (Phi) is 4.66. The molecule has 0 bridgehead atoms. The average molecular weight is 337 g/mol. The highest BCUT2D eigenvalue weighted by molar-refractivity contribution is 9.10. The first-order valence-electron chi connectivity index (χ1n) is 5.90. The summed E-state index contributed by atoms with van der Waals surface area (Å²) in [6.45, 7) is 2.13. The van der Waals surface area contributed by atoms with Crippen molar-refractivity contribution in [3.63, 3.8) is 0 Å². The van der Waals surface area contributed by atoms with Gasteiger partial charge in [-0.3, -0.25) is 0 Å². The van der Waals surface area contributed by atoms with Crippen molar-refractivity contribution in [3.05, 3.63) is 58.1 Å². The van der Waals surface area contributed by atoms with Crippen LogP contribution in [0.15, 0.2) is 56.7 Å². The highest BCUT2D eigenvalue weighted by Gasteiger charge is 2.09. The van der Waals surface area contributed by atoms with Crippen molar-refractivity contribution in [1.29, 1.82) is 0 Å².